The minimum atomic E-state index is -0.671. The van der Waals surface area contributed by atoms with Crippen molar-refractivity contribution in [1.29, 1.82) is 0 Å². The number of aromatic nitrogens is 1. The van der Waals surface area contributed by atoms with Gasteiger partial charge in [0.25, 0.3) is 0 Å². The van der Waals surface area contributed by atoms with E-state index in [1.54, 1.807) is 43.3 Å². The zero-order valence-electron chi connectivity index (χ0n) is 17.6. The molecule has 0 radical (unpaired) electrons. The molecule has 1 aromatic carbocycles. The molecule has 31 heavy (non-hydrogen) atoms. The normalized spacial score (nSPS) is 18.0. The fourth-order valence-electron chi connectivity index (χ4n) is 3.14. The van der Waals surface area contributed by atoms with Gasteiger partial charge < -0.3 is 21.5 Å². The predicted octanol–water partition coefficient (Wildman–Crippen LogP) is 2.75. The van der Waals surface area contributed by atoms with Gasteiger partial charge in [-0.3, -0.25) is 9.69 Å². The molecule has 1 amide bonds. The lowest BCUT2D eigenvalue weighted by Crippen LogP contribution is -2.44. The van der Waals surface area contributed by atoms with Crippen molar-refractivity contribution >= 4 is 34.9 Å². The van der Waals surface area contributed by atoms with Gasteiger partial charge in [0, 0.05) is 0 Å². The van der Waals surface area contributed by atoms with E-state index in [1.165, 1.54) is 0 Å². The summed E-state index contributed by atoms with van der Waals surface area (Å²) in [5.74, 6) is -0.00216. The van der Waals surface area contributed by atoms with E-state index >= 15 is 0 Å². The molecule has 0 saturated carbocycles. The Labute approximate surface area is 180 Å². The summed E-state index contributed by atoms with van der Waals surface area (Å²) in [6.45, 7) is 2.44. The third-order valence-corrected chi connectivity index (χ3v) is 4.95. The monoisotopic (exact) mass is 425 g/mol. The lowest BCUT2D eigenvalue weighted by molar-refractivity contribution is -0.141. The molecular weight excluding hydrogens is 398 g/mol. The van der Waals surface area contributed by atoms with Crippen LogP contribution >= 0.6 is 0 Å². The van der Waals surface area contributed by atoms with Crippen molar-refractivity contribution in [2.45, 2.75) is 38.3 Å². The highest BCUT2D eigenvalue weighted by molar-refractivity contribution is 5.93. The first-order valence-corrected chi connectivity index (χ1v) is 10.1. The van der Waals surface area contributed by atoms with Gasteiger partial charge in [0.1, 0.15) is 23.2 Å². The van der Waals surface area contributed by atoms with E-state index in [1.807, 2.05) is 11.9 Å². The van der Waals surface area contributed by atoms with Gasteiger partial charge in [-0.2, -0.15) is 0 Å². The van der Waals surface area contributed by atoms with Gasteiger partial charge in [0.05, 0.1) is 6.04 Å². The second-order valence-electron chi connectivity index (χ2n) is 7.46. The number of ether oxygens (including phenoxy) is 1. The number of nitrogens with two attached hydrogens (primary N) is 2. The molecule has 0 spiro atoms. The number of likely N-dealkylation sites (N-methyl/N-ethyl adjacent to an activating group) is 1. The minimum absolute atomic E-state index is 0.0875. The number of anilines is 2. The summed E-state index contributed by atoms with van der Waals surface area (Å²) in [7, 11) is 1.92. The number of nitrogens with zero attached hydrogens (tertiary/aromatic N) is 4. The van der Waals surface area contributed by atoms with Gasteiger partial charge in [-0.1, -0.05) is 18.6 Å². The molecule has 0 unspecified atom stereocenters. The van der Waals surface area contributed by atoms with Crippen molar-refractivity contribution < 1.29 is 14.3 Å². The van der Waals surface area contributed by atoms with Crippen LogP contribution in [-0.2, 0) is 9.59 Å². The lowest BCUT2D eigenvalue weighted by Gasteiger charge is -2.30. The molecule has 1 aliphatic rings. The smallest absolute Gasteiger partial charge is 0.328 e. The first kappa shape index (κ1) is 22.3. The van der Waals surface area contributed by atoms with E-state index in [9.17, 15) is 9.59 Å². The second kappa shape index (κ2) is 10.1. The number of nitrogen functional groups attached to an aromatic ring is 1. The fraction of sp³-hybridized carbons (Fsp3) is 0.381. The molecule has 10 nitrogen and oxygen atoms in total. The van der Waals surface area contributed by atoms with Crippen molar-refractivity contribution in [3.8, 4) is 5.75 Å². The largest absolute Gasteiger partial charge is 0.423 e. The molecule has 3 rings (SSSR count). The lowest BCUT2D eigenvalue weighted by atomic mass is 10.0. The van der Waals surface area contributed by atoms with E-state index < -0.39 is 6.04 Å². The Morgan fingerprint density at radius 3 is 2.65 bits per heavy atom. The molecule has 1 aliphatic heterocycles. The number of rotatable bonds is 6. The minimum Gasteiger partial charge on any atom is -0.423 e. The number of piperidine rings is 1. The molecule has 0 aliphatic carbocycles. The van der Waals surface area contributed by atoms with Crippen LogP contribution in [0.15, 0.2) is 46.6 Å². The second-order valence-corrected chi connectivity index (χ2v) is 7.46. The summed E-state index contributed by atoms with van der Waals surface area (Å²) in [6.07, 6.45) is 2.85. The van der Waals surface area contributed by atoms with Crippen LogP contribution < -0.4 is 21.5 Å². The number of likely N-dealkylation sites (tertiary alicyclic amines) is 1. The Balaban J connectivity index is 1.73. The van der Waals surface area contributed by atoms with Crippen LogP contribution in [0.3, 0.4) is 0 Å². The Hall–Kier alpha value is -3.37. The summed E-state index contributed by atoms with van der Waals surface area (Å²) < 4.78 is 5.62. The number of amides is 1. The van der Waals surface area contributed by atoms with Gasteiger partial charge in [-0.25, -0.2) is 9.78 Å². The van der Waals surface area contributed by atoms with Crippen molar-refractivity contribution in [2.24, 2.45) is 16.0 Å². The SMILES string of the molecule is C[C@H](N)C(=O)Nc1ccc(N=Nc2ccccc2OC(=O)[C@@H]2CCCCN2C)c(N)n1. The fourth-order valence-corrected chi connectivity index (χ4v) is 3.14. The molecule has 5 N–H and O–H groups in total. The maximum absolute atomic E-state index is 12.6. The highest BCUT2D eigenvalue weighted by Gasteiger charge is 2.28. The van der Waals surface area contributed by atoms with E-state index in [0.717, 1.165) is 25.8 Å². The quantitative estimate of drug-likeness (QED) is 0.366. The van der Waals surface area contributed by atoms with Crippen LogP contribution in [0, 0.1) is 0 Å². The zero-order chi connectivity index (χ0) is 22.4. The van der Waals surface area contributed by atoms with Crippen molar-refractivity contribution in [3.05, 3.63) is 36.4 Å². The topological polar surface area (TPSA) is 148 Å². The number of para-hydroxylation sites is 1. The first-order valence-electron chi connectivity index (χ1n) is 10.1. The van der Waals surface area contributed by atoms with Crippen LogP contribution in [0.25, 0.3) is 0 Å². The highest BCUT2D eigenvalue weighted by atomic mass is 16.5. The number of azo groups is 1. The summed E-state index contributed by atoms with van der Waals surface area (Å²) in [5.41, 5.74) is 12.2. The van der Waals surface area contributed by atoms with Crippen LogP contribution in [-0.4, -0.2) is 47.4 Å². The number of hydrogen-bond donors (Lipinski definition) is 3. The predicted molar refractivity (Wildman–Crippen MR) is 117 cm³/mol. The van der Waals surface area contributed by atoms with Gasteiger partial charge in [-0.05, 0) is 57.6 Å². The van der Waals surface area contributed by atoms with Crippen molar-refractivity contribution in [3.63, 3.8) is 0 Å². The van der Waals surface area contributed by atoms with Gasteiger partial charge in [0.2, 0.25) is 5.91 Å². The Morgan fingerprint density at radius 2 is 1.94 bits per heavy atom. The molecule has 2 atom stereocenters. The molecule has 164 valence electrons. The Morgan fingerprint density at radius 1 is 1.19 bits per heavy atom. The Kier molecular flexibility index (Phi) is 7.27. The summed E-state index contributed by atoms with van der Waals surface area (Å²) in [4.78, 5) is 30.4. The summed E-state index contributed by atoms with van der Waals surface area (Å²) in [6, 6.07) is 9.09. The summed E-state index contributed by atoms with van der Waals surface area (Å²) >= 11 is 0. The molecule has 10 heteroatoms. The number of nitrogens with one attached hydrogen (secondary N) is 1. The molecule has 2 heterocycles. The third-order valence-electron chi connectivity index (χ3n) is 4.95. The maximum Gasteiger partial charge on any atom is 0.328 e. The maximum atomic E-state index is 12.6. The van der Waals surface area contributed by atoms with Crippen LogP contribution in [0.4, 0.5) is 23.0 Å². The van der Waals surface area contributed by atoms with E-state index in [2.05, 4.69) is 20.5 Å². The van der Waals surface area contributed by atoms with Gasteiger partial charge in [0.15, 0.2) is 11.6 Å². The highest BCUT2D eigenvalue weighted by Crippen LogP contribution is 2.31. The van der Waals surface area contributed by atoms with E-state index in [-0.39, 0.29) is 29.6 Å². The average Bonchev–Trinajstić information content (AvgIpc) is 2.74. The van der Waals surface area contributed by atoms with Crippen molar-refractivity contribution in [2.75, 3.05) is 24.6 Å². The number of hydrogen-bond acceptors (Lipinski definition) is 9. The number of pyridine rings is 1. The first-order chi connectivity index (χ1) is 14.8. The number of carbonyl (C=O) groups is 2. The average molecular weight is 425 g/mol. The zero-order valence-corrected chi connectivity index (χ0v) is 17.6. The van der Waals surface area contributed by atoms with Crippen LogP contribution in [0.2, 0.25) is 0 Å². The molecule has 0 bridgehead atoms. The molecule has 1 saturated heterocycles. The van der Waals surface area contributed by atoms with Crippen molar-refractivity contribution in [1.82, 2.24) is 9.88 Å². The molecule has 1 aromatic heterocycles. The number of carbonyl (C=O) groups excluding carboxylic acids is 2. The van der Waals surface area contributed by atoms with Gasteiger partial charge in [-0.15, -0.1) is 10.2 Å². The number of esters is 1. The van der Waals surface area contributed by atoms with Crippen LogP contribution in [0.1, 0.15) is 26.2 Å². The van der Waals surface area contributed by atoms with E-state index in [0.29, 0.717) is 17.1 Å². The standard InChI is InChI=1S/C21H27N7O3/c1-13(22)20(29)25-18-11-10-15(19(23)24-18)27-26-14-7-3-4-9-17(14)31-21(30)16-8-5-6-12-28(16)2/h3-4,7,9-11,13,16H,5-6,8,12,22H2,1-2H3,(H3,23,24,25,29)/t13-,16-/m0/s1. The van der Waals surface area contributed by atoms with Crippen LogP contribution in [0.5, 0.6) is 5.75 Å². The number of benzene rings is 1. The van der Waals surface area contributed by atoms with E-state index in [4.69, 9.17) is 16.2 Å². The molecule has 1 fully saturated rings. The summed E-state index contributed by atoms with van der Waals surface area (Å²) in [5, 5.41) is 10.9. The molecule has 2 aromatic rings. The Bertz CT molecular complexity index is 977. The third kappa shape index (κ3) is 5.83. The molecular formula is C21H27N7O3. The van der Waals surface area contributed by atoms with Gasteiger partial charge >= 0.3 is 5.97 Å².